The SMILES string of the molecule is Cc1cc2c(cc1NC(=O)CCCN)OCCO2. The largest absolute Gasteiger partial charge is 0.486 e. The van der Waals surface area contributed by atoms with Crippen LogP contribution in [0.3, 0.4) is 0 Å². The lowest BCUT2D eigenvalue weighted by molar-refractivity contribution is -0.116. The number of aryl methyl sites for hydroxylation is 1. The van der Waals surface area contributed by atoms with E-state index in [0.29, 0.717) is 38.3 Å². The molecular weight excluding hydrogens is 232 g/mol. The van der Waals surface area contributed by atoms with E-state index in [1.54, 1.807) is 0 Å². The van der Waals surface area contributed by atoms with Gasteiger partial charge in [0, 0.05) is 18.2 Å². The van der Waals surface area contributed by atoms with Crippen molar-refractivity contribution in [2.45, 2.75) is 19.8 Å². The number of hydrogen-bond acceptors (Lipinski definition) is 4. The van der Waals surface area contributed by atoms with Crippen molar-refractivity contribution in [3.8, 4) is 11.5 Å². The number of nitrogens with one attached hydrogen (secondary N) is 1. The number of amides is 1. The highest BCUT2D eigenvalue weighted by atomic mass is 16.6. The van der Waals surface area contributed by atoms with Crippen molar-refractivity contribution in [3.05, 3.63) is 17.7 Å². The van der Waals surface area contributed by atoms with Crippen molar-refractivity contribution in [1.82, 2.24) is 0 Å². The Morgan fingerprint density at radius 3 is 2.67 bits per heavy atom. The van der Waals surface area contributed by atoms with E-state index < -0.39 is 0 Å². The van der Waals surface area contributed by atoms with Gasteiger partial charge in [0.25, 0.3) is 0 Å². The van der Waals surface area contributed by atoms with E-state index >= 15 is 0 Å². The van der Waals surface area contributed by atoms with Gasteiger partial charge < -0.3 is 20.5 Å². The zero-order valence-electron chi connectivity index (χ0n) is 10.5. The first-order valence-electron chi connectivity index (χ1n) is 6.11. The third-order valence-corrected chi connectivity index (χ3v) is 2.77. The third kappa shape index (κ3) is 2.92. The van der Waals surface area contributed by atoms with Gasteiger partial charge in [-0.15, -0.1) is 0 Å². The molecule has 1 aromatic carbocycles. The van der Waals surface area contributed by atoms with Gasteiger partial charge in [0.15, 0.2) is 11.5 Å². The molecule has 0 saturated carbocycles. The Kier molecular flexibility index (Phi) is 4.04. The number of benzene rings is 1. The minimum absolute atomic E-state index is 0.0276. The van der Waals surface area contributed by atoms with E-state index in [0.717, 1.165) is 17.0 Å². The van der Waals surface area contributed by atoms with Gasteiger partial charge in [0.1, 0.15) is 13.2 Å². The summed E-state index contributed by atoms with van der Waals surface area (Å²) in [6, 6.07) is 3.69. The minimum Gasteiger partial charge on any atom is -0.486 e. The highest BCUT2D eigenvalue weighted by Crippen LogP contribution is 2.35. The maximum Gasteiger partial charge on any atom is 0.224 e. The predicted octanol–water partition coefficient (Wildman–Crippen LogP) is 1.44. The number of nitrogens with two attached hydrogens (primary N) is 1. The number of rotatable bonds is 4. The van der Waals surface area contributed by atoms with Crippen LogP contribution in [0.25, 0.3) is 0 Å². The molecule has 1 aromatic rings. The molecule has 0 radical (unpaired) electrons. The summed E-state index contributed by atoms with van der Waals surface area (Å²) < 4.78 is 11.0. The van der Waals surface area contributed by atoms with Crippen LogP contribution < -0.4 is 20.5 Å². The van der Waals surface area contributed by atoms with Crippen molar-refractivity contribution in [2.24, 2.45) is 5.73 Å². The van der Waals surface area contributed by atoms with Gasteiger partial charge in [-0.25, -0.2) is 0 Å². The minimum atomic E-state index is -0.0276. The Bertz CT molecular complexity index is 446. The molecule has 1 aliphatic heterocycles. The average molecular weight is 250 g/mol. The number of hydrogen-bond donors (Lipinski definition) is 2. The summed E-state index contributed by atoms with van der Waals surface area (Å²) in [5.74, 6) is 1.39. The number of carbonyl (C=O) groups is 1. The molecule has 3 N–H and O–H groups in total. The second-order valence-electron chi connectivity index (χ2n) is 4.25. The predicted molar refractivity (Wildman–Crippen MR) is 69.1 cm³/mol. The Balaban J connectivity index is 2.10. The van der Waals surface area contributed by atoms with Crippen LogP contribution in [0.2, 0.25) is 0 Å². The molecular formula is C13H18N2O3. The lowest BCUT2D eigenvalue weighted by atomic mass is 10.1. The molecule has 0 atom stereocenters. The fourth-order valence-electron chi connectivity index (χ4n) is 1.80. The Labute approximate surface area is 106 Å². The molecule has 1 heterocycles. The number of fused-ring (bicyclic) bond motifs is 1. The van der Waals surface area contributed by atoms with Crippen LogP contribution in [0.5, 0.6) is 11.5 Å². The van der Waals surface area contributed by atoms with Gasteiger partial charge >= 0.3 is 0 Å². The van der Waals surface area contributed by atoms with Crippen LogP contribution in [0.15, 0.2) is 12.1 Å². The first kappa shape index (κ1) is 12.7. The van der Waals surface area contributed by atoms with Gasteiger partial charge in [-0.3, -0.25) is 4.79 Å². The number of carbonyl (C=O) groups excluding carboxylic acids is 1. The average Bonchev–Trinajstić information content (AvgIpc) is 2.37. The molecule has 0 aromatic heterocycles. The molecule has 0 unspecified atom stereocenters. The topological polar surface area (TPSA) is 73.6 Å². The summed E-state index contributed by atoms with van der Waals surface area (Å²) in [6.45, 7) is 3.55. The van der Waals surface area contributed by atoms with E-state index in [2.05, 4.69) is 5.32 Å². The van der Waals surface area contributed by atoms with Crippen molar-refractivity contribution in [2.75, 3.05) is 25.1 Å². The Morgan fingerprint density at radius 1 is 1.33 bits per heavy atom. The smallest absolute Gasteiger partial charge is 0.224 e. The standard InChI is InChI=1S/C13H18N2O3/c1-9-7-11-12(18-6-5-17-11)8-10(9)15-13(16)3-2-4-14/h7-8H,2-6,14H2,1H3,(H,15,16). The van der Waals surface area contributed by atoms with Crippen molar-refractivity contribution in [1.29, 1.82) is 0 Å². The van der Waals surface area contributed by atoms with Crippen molar-refractivity contribution >= 4 is 11.6 Å². The molecule has 0 saturated heterocycles. The van der Waals surface area contributed by atoms with E-state index in [4.69, 9.17) is 15.2 Å². The number of anilines is 1. The van der Waals surface area contributed by atoms with Gasteiger partial charge in [-0.1, -0.05) is 0 Å². The summed E-state index contributed by atoms with van der Waals surface area (Å²) in [7, 11) is 0. The zero-order valence-corrected chi connectivity index (χ0v) is 10.5. The molecule has 2 rings (SSSR count). The first-order valence-corrected chi connectivity index (χ1v) is 6.11. The van der Waals surface area contributed by atoms with E-state index in [1.807, 2.05) is 19.1 Å². The van der Waals surface area contributed by atoms with Crippen LogP contribution in [0.1, 0.15) is 18.4 Å². The van der Waals surface area contributed by atoms with Crippen LogP contribution in [-0.2, 0) is 4.79 Å². The fraction of sp³-hybridized carbons (Fsp3) is 0.462. The third-order valence-electron chi connectivity index (χ3n) is 2.77. The summed E-state index contributed by atoms with van der Waals surface area (Å²) in [6.07, 6.45) is 1.12. The van der Waals surface area contributed by atoms with Gasteiger partial charge in [0.2, 0.25) is 5.91 Å². The maximum atomic E-state index is 11.7. The normalized spacial score (nSPS) is 13.2. The van der Waals surface area contributed by atoms with Crippen LogP contribution in [-0.4, -0.2) is 25.7 Å². The van der Waals surface area contributed by atoms with Crippen LogP contribution in [0, 0.1) is 6.92 Å². The Morgan fingerprint density at radius 2 is 2.00 bits per heavy atom. The molecule has 5 heteroatoms. The highest BCUT2D eigenvalue weighted by Gasteiger charge is 2.15. The second kappa shape index (κ2) is 5.73. The zero-order chi connectivity index (χ0) is 13.0. The molecule has 0 bridgehead atoms. The quantitative estimate of drug-likeness (QED) is 0.848. The highest BCUT2D eigenvalue weighted by molar-refractivity contribution is 5.92. The number of ether oxygens (including phenoxy) is 2. The molecule has 1 aliphatic rings. The van der Waals surface area contributed by atoms with E-state index in [1.165, 1.54) is 0 Å². The summed E-state index contributed by atoms with van der Waals surface area (Å²) >= 11 is 0. The van der Waals surface area contributed by atoms with Gasteiger partial charge in [-0.05, 0) is 31.5 Å². The molecule has 0 spiro atoms. The maximum absolute atomic E-state index is 11.7. The summed E-state index contributed by atoms with van der Waals surface area (Å²) in [4.78, 5) is 11.7. The molecule has 0 fully saturated rings. The Hall–Kier alpha value is -1.75. The summed E-state index contributed by atoms with van der Waals surface area (Å²) in [5.41, 5.74) is 7.10. The van der Waals surface area contributed by atoms with Crippen molar-refractivity contribution in [3.63, 3.8) is 0 Å². The lowest BCUT2D eigenvalue weighted by Crippen LogP contribution is -2.17. The molecule has 0 aliphatic carbocycles. The molecule has 5 nitrogen and oxygen atoms in total. The molecule has 1 amide bonds. The van der Waals surface area contributed by atoms with Gasteiger partial charge in [0.05, 0.1) is 0 Å². The van der Waals surface area contributed by atoms with Crippen molar-refractivity contribution < 1.29 is 14.3 Å². The lowest BCUT2D eigenvalue weighted by Gasteiger charge is -2.20. The second-order valence-corrected chi connectivity index (χ2v) is 4.25. The van der Waals surface area contributed by atoms with E-state index in [9.17, 15) is 4.79 Å². The van der Waals surface area contributed by atoms with Crippen LogP contribution in [0.4, 0.5) is 5.69 Å². The fourth-order valence-corrected chi connectivity index (χ4v) is 1.80. The van der Waals surface area contributed by atoms with Crippen LogP contribution >= 0.6 is 0 Å². The molecule has 18 heavy (non-hydrogen) atoms. The first-order chi connectivity index (χ1) is 8.70. The molecule has 98 valence electrons. The van der Waals surface area contributed by atoms with Gasteiger partial charge in [-0.2, -0.15) is 0 Å². The van der Waals surface area contributed by atoms with E-state index in [-0.39, 0.29) is 5.91 Å². The monoisotopic (exact) mass is 250 g/mol. The summed E-state index contributed by atoms with van der Waals surface area (Å²) in [5, 5.41) is 2.87.